The molecule has 0 saturated heterocycles. The number of oxazole rings is 1. The highest BCUT2D eigenvalue weighted by molar-refractivity contribution is 5.94. The zero-order valence-corrected chi connectivity index (χ0v) is 18.9. The van der Waals surface area contributed by atoms with Crippen LogP contribution in [0.4, 0.5) is 5.69 Å². The summed E-state index contributed by atoms with van der Waals surface area (Å²) in [4.78, 5) is 17.0. The molecule has 0 saturated carbocycles. The van der Waals surface area contributed by atoms with Gasteiger partial charge in [-0.15, -0.1) is 0 Å². The lowest BCUT2D eigenvalue weighted by Crippen LogP contribution is -2.20. The number of hydrogen-bond donors (Lipinski definition) is 1. The number of anilines is 1. The standard InChI is InChI=1S/C27H28N2O3/c1-5-18(3)20-7-10-22(11-8-20)31-16-26(30)28-21-9-13-25-24(15-21)29-27(32-25)23-12-6-17(2)14-19(23)4/h6-15,18H,5,16H2,1-4H3,(H,28,30)/t18-/m1/s1. The van der Waals surface area contributed by atoms with Crippen molar-refractivity contribution in [1.82, 2.24) is 4.98 Å². The lowest BCUT2D eigenvalue weighted by atomic mass is 9.99. The Morgan fingerprint density at radius 3 is 2.56 bits per heavy atom. The molecule has 4 aromatic rings. The van der Waals surface area contributed by atoms with E-state index in [-0.39, 0.29) is 12.5 Å². The molecule has 5 heteroatoms. The van der Waals surface area contributed by atoms with Gasteiger partial charge in [0.2, 0.25) is 5.89 Å². The SMILES string of the molecule is CC[C@@H](C)c1ccc(OCC(=O)Nc2ccc3oc(-c4ccc(C)cc4C)nc3c2)cc1. The summed E-state index contributed by atoms with van der Waals surface area (Å²) in [5.41, 5.74) is 6.56. The third kappa shape index (κ3) is 4.83. The van der Waals surface area contributed by atoms with Crippen LogP contribution in [0.2, 0.25) is 0 Å². The maximum Gasteiger partial charge on any atom is 0.262 e. The van der Waals surface area contributed by atoms with Crippen molar-refractivity contribution in [3.63, 3.8) is 0 Å². The number of carbonyl (C=O) groups excluding carboxylic acids is 1. The summed E-state index contributed by atoms with van der Waals surface area (Å²) in [6, 6.07) is 19.5. The first-order valence-corrected chi connectivity index (χ1v) is 10.9. The Kier molecular flexibility index (Phi) is 6.26. The normalized spacial score (nSPS) is 12.0. The second-order valence-corrected chi connectivity index (χ2v) is 8.24. The first-order chi connectivity index (χ1) is 15.4. The number of carbonyl (C=O) groups is 1. The second kappa shape index (κ2) is 9.27. The van der Waals surface area contributed by atoms with Gasteiger partial charge in [0.25, 0.3) is 5.91 Å². The molecule has 32 heavy (non-hydrogen) atoms. The van der Waals surface area contributed by atoms with Gasteiger partial charge in [-0.1, -0.05) is 43.7 Å². The summed E-state index contributed by atoms with van der Waals surface area (Å²) in [7, 11) is 0. The predicted octanol–water partition coefficient (Wildman–Crippen LogP) is 6.64. The van der Waals surface area contributed by atoms with Crippen molar-refractivity contribution in [1.29, 1.82) is 0 Å². The molecule has 1 atom stereocenters. The number of fused-ring (bicyclic) bond motifs is 1. The van der Waals surface area contributed by atoms with Gasteiger partial charge in [0.05, 0.1) is 0 Å². The van der Waals surface area contributed by atoms with Gasteiger partial charge in [0.15, 0.2) is 12.2 Å². The molecule has 1 amide bonds. The van der Waals surface area contributed by atoms with Crippen LogP contribution < -0.4 is 10.1 Å². The molecule has 4 rings (SSSR count). The smallest absolute Gasteiger partial charge is 0.262 e. The van der Waals surface area contributed by atoms with E-state index in [0.29, 0.717) is 34.3 Å². The number of hydrogen-bond acceptors (Lipinski definition) is 4. The van der Waals surface area contributed by atoms with E-state index < -0.39 is 0 Å². The Hall–Kier alpha value is -3.60. The second-order valence-electron chi connectivity index (χ2n) is 8.24. The Bertz CT molecular complexity index is 1240. The lowest BCUT2D eigenvalue weighted by molar-refractivity contribution is -0.118. The number of ether oxygens (including phenoxy) is 1. The maximum atomic E-state index is 12.4. The van der Waals surface area contributed by atoms with Crippen molar-refractivity contribution >= 4 is 22.7 Å². The summed E-state index contributed by atoms with van der Waals surface area (Å²) < 4.78 is 11.6. The fourth-order valence-electron chi connectivity index (χ4n) is 3.65. The van der Waals surface area contributed by atoms with E-state index >= 15 is 0 Å². The number of benzene rings is 3. The number of nitrogens with zero attached hydrogens (tertiary/aromatic N) is 1. The molecule has 1 aromatic heterocycles. The van der Waals surface area contributed by atoms with Crippen molar-refractivity contribution in [2.24, 2.45) is 0 Å². The molecule has 0 fully saturated rings. The molecule has 164 valence electrons. The van der Waals surface area contributed by atoms with Crippen LogP contribution in [0.25, 0.3) is 22.6 Å². The molecular formula is C27H28N2O3. The molecule has 0 radical (unpaired) electrons. The largest absolute Gasteiger partial charge is 0.484 e. The van der Waals surface area contributed by atoms with E-state index in [2.05, 4.69) is 37.1 Å². The molecule has 3 aromatic carbocycles. The minimum absolute atomic E-state index is 0.0622. The zero-order chi connectivity index (χ0) is 22.7. The van der Waals surface area contributed by atoms with Crippen molar-refractivity contribution in [3.8, 4) is 17.2 Å². The summed E-state index contributed by atoms with van der Waals surface area (Å²) in [6.45, 7) is 8.40. The minimum atomic E-state index is -0.228. The Morgan fingerprint density at radius 2 is 1.84 bits per heavy atom. The van der Waals surface area contributed by atoms with Gasteiger partial charge in [0, 0.05) is 11.3 Å². The fourth-order valence-corrected chi connectivity index (χ4v) is 3.65. The number of amides is 1. The highest BCUT2D eigenvalue weighted by atomic mass is 16.5. The number of aryl methyl sites for hydroxylation is 2. The van der Waals surface area contributed by atoms with E-state index in [9.17, 15) is 4.79 Å². The lowest BCUT2D eigenvalue weighted by Gasteiger charge is -2.11. The Labute approximate surface area is 188 Å². The van der Waals surface area contributed by atoms with Gasteiger partial charge >= 0.3 is 0 Å². The van der Waals surface area contributed by atoms with Crippen molar-refractivity contribution < 1.29 is 13.9 Å². The monoisotopic (exact) mass is 428 g/mol. The van der Waals surface area contributed by atoms with Crippen LogP contribution in [0.1, 0.15) is 42.9 Å². The van der Waals surface area contributed by atoms with Gasteiger partial charge in [-0.05, 0) is 73.7 Å². The average Bonchev–Trinajstić information content (AvgIpc) is 3.20. The number of rotatable bonds is 7. The molecule has 0 aliphatic carbocycles. The molecular weight excluding hydrogens is 400 g/mol. The van der Waals surface area contributed by atoms with Gasteiger partial charge in [-0.2, -0.15) is 0 Å². The van der Waals surface area contributed by atoms with E-state index in [1.807, 2.05) is 55.5 Å². The van der Waals surface area contributed by atoms with Crippen LogP contribution in [0.3, 0.4) is 0 Å². The first-order valence-electron chi connectivity index (χ1n) is 10.9. The zero-order valence-electron chi connectivity index (χ0n) is 18.9. The summed E-state index contributed by atoms with van der Waals surface area (Å²) in [6.07, 6.45) is 1.09. The summed E-state index contributed by atoms with van der Waals surface area (Å²) in [5, 5.41) is 2.87. The Balaban J connectivity index is 1.41. The topological polar surface area (TPSA) is 64.4 Å². The molecule has 5 nitrogen and oxygen atoms in total. The maximum absolute atomic E-state index is 12.4. The summed E-state index contributed by atoms with van der Waals surface area (Å²) in [5.74, 6) is 1.53. The van der Waals surface area contributed by atoms with Gasteiger partial charge in [-0.25, -0.2) is 4.98 Å². The van der Waals surface area contributed by atoms with Crippen LogP contribution in [0.5, 0.6) is 5.75 Å². The minimum Gasteiger partial charge on any atom is -0.484 e. The van der Waals surface area contributed by atoms with Crippen LogP contribution >= 0.6 is 0 Å². The van der Waals surface area contributed by atoms with Crippen molar-refractivity contribution in [3.05, 3.63) is 77.4 Å². The molecule has 1 N–H and O–H groups in total. The van der Waals surface area contributed by atoms with Gasteiger partial charge in [0.1, 0.15) is 11.3 Å². The van der Waals surface area contributed by atoms with E-state index in [0.717, 1.165) is 17.5 Å². The highest BCUT2D eigenvalue weighted by Crippen LogP contribution is 2.29. The van der Waals surface area contributed by atoms with Crippen LogP contribution in [0.15, 0.2) is 65.1 Å². The summed E-state index contributed by atoms with van der Waals surface area (Å²) >= 11 is 0. The van der Waals surface area contributed by atoms with E-state index in [1.54, 1.807) is 6.07 Å². The molecule has 0 bridgehead atoms. The van der Waals surface area contributed by atoms with Crippen molar-refractivity contribution in [2.75, 3.05) is 11.9 Å². The highest BCUT2D eigenvalue weighted by Gasteiger charge is 2.12. The average molecular weight is 429 g/mol. The Morgan fingerprint density at radius 1 is 1.06 bits per heavy atom. The number of aromatic nitrogens is 1. The van der Waals surface area contributed by atoms with Gasteiger partial charge in [-0.3, -0.25) is 4.79 Å². The first kappa shape index (κ1) is 21.6. The fraction of sp³-hybridized carbons (Fsp3) is 0.259. The van der Waals surface area contributed by atoms with Crippen molar-refractivity contribution in [2.45, 2.75) is 40.0 Å². The van der Waals surface area contributed by atoms with Crippen LogP contribution in [-0.4, -0.2) is 17.5 Å². The quantitative estimate of drug-likeness (QED) is 0.358. The molecule has 0 aliphatic rings. The molecule has 0 spiro atoms. The van der Waals surface area contributed by atoms with E-state index in [4.69, 9.17) is 9.15 Å². The molecule has 1 heterocycles. The van der Waals surface area contributed by atoms with E-state index in [1.165, 1.54) is 11.1 Å². The third-order valence-electron chi connectivity index (χ3n) is 5.72. The molecule has 0 aliphatic heterocycles. The van der Waals surface area contributed by atoms with Crippen LogP contribution in [-0.2, 0) is 4.79 Å². The van der Waals surface area contributed by atoms with Gasteiger partial charge < -0.3 is 14.5 Å². The van der Waals surface area contributed by atoms with Crippen LogP contribution in [0, 0.1) is 13.8 Å². The number of nitrogens with one attached hydrogen (secondary N) is 1. The third-order valence-corrected chi connectivity index (χ3v) is 5.72. The molecule has 0 unspecified atom stereocenters. The predicted molar refractivity (Wildman–Crippen MR) is 128 cm³/mol.